The Hall–Kier alpha value is -2.54. The number of carboxylic acids is 1. The summed E-state index contributed by atoms with van der Waals surface area (Å²) in [5, 5.41) is 16.5. The largest absolute Gasteiger partial charge is 0.492 e. The molecule has 0 saturated carbocycles. The number of carbonyl (C=O) groups is 1. The van der Waals surface area contributed by atoms with Gasteiger partial charge in [-0.05, 0) is 30.7 Å². The number of nitrogens with zero attached hydrogens (tertiary/aromatic N) is 3. The van der Waals surface area contributed by atoms with Crippen molar-refractivity contribution >= 4 is 23.5 Å². The summed E-state index contributed by atoms with van der Waals surface area (Å²) in [6, 6.07) is 4.92. The fraction of sp³-hybridized carbons (Fsp3) is 0.214. The first-order valence-electron chi connectivity index (χ1n) is 6.64. The normalized spacial score (nSPS) is 16.5. The minimum Gasteiger partial charge on any atom is -0.492 e. The highest BCUT2D eigenvalue weighted by Gasteiger charge is 2.26. The van der Waals surface area contributed by atoms with E-state index in [2.05, 4.69) is 15.4 Å². The first-order valence-corrected chi connectivity index (χ1v) is 7.02. The number of carboxylic acid groups (broad SMARTS) is 1. The topological polar surface area (TPSA) is 89.3 Å². The molecule has 3 rings (SSSR count). The summed E-state index contributed by atoms with van der Waals surface area (Å²) in [5.41, 5.74) is 0.843. The van der Waals surface area contributed by atoms with Crippen molar-refractivity contribution in [2.24, 2.45) is 0 Å². The number of aliphatic carboxylic acids is 1. The van der Waals surface area contributed by atoms with Gasteiger partial charge in [-0.2, -0.15) is 10.1 Å². The Kier molecular flexibility index (Phi) is 3.72. The van der Waals surface area contributed by atoms with Crippen LogP contribution >= 0.6 is 11.6 Å². The number of aromatic nitrogens is 3. The third-order valence-corrected chi connectivity index (χ3v) is 3.53. The van der Waals surface area contributed by atoms with Crippen molar-refractivity contribution < 1.29 is 14.6 Å². The predicted molar refractivity (Wildman–Crippen MR) is 80.1 cm³/mol. The third-order valence-electron chi connectivity index (χ3n) is 3.24. The lowest BCUT2D eigenvalue weighted by molar-refractivity contribution is -0.132. The molecule has 7 nitrogen and oxygen atoms in total. The van der Waals surface area contributed by atoms with E-state index in [1.165, 1.54) is 6.33 Å². The van der Waals surface area contributed by atoms with Crippen molar-refractivity contribution in [2.45, 2.75) is 13.0 Å². The summed E-state index contributed by atoms with van der Waals surface area (Å²) in [6.07, 6.45) is 2.93. The highest BCUT2D eigenvalue weighted by Crippen LogP contribution is 2.33. The van der Waals surface area contributed by atoms with Gasteiger partial charge in [0.05, 0.1) is 11.6 Å². The lowest BCUT2D eigenvalue weighted by atomic mass is 10.0. The highest BCUT2D eigenvalue weighted by atomic mass is 35.5. The van der Waals surface area contributed by atoms with Crippen molar-refractivity contribution in [2.75, 3.05) is 11.9 Å². The molecule has 1 aromatic carbocycles. The quantitative estimate of drug-likeness (QED) is 0.898. The molecule has 0 fully saturated rings. The van der Waals surface area contributed by atoms with Gasteiger partial charge in [-0.25, -0.2) is 9.48 Å². The molecule has 1 atom stereocenters. The maximum atomic E-state index is 11.2. The number of rotatable bonds is 4. The van der Waals surface area contributed by atoms with Crippen LogP contribution < -0.4 is 10.1 Å². The summed E-state index contributed by atoms with van der Waals surface area (Å²) in [6.45, 7) is 2.39. The molecule has 0 saturated heterocycles. The van der Waals surface area contributed by atoms with Crippen LogP contribution in [-0.4, -0.2) is 32.4 Å². The van der Waals surface area contributed by atoms with Gasteiger partial charge < -0.3 is 15.2 Å². The van der Waals surface area contributed by atoms with Gasteiger partial charge in [-0.3, -0.25) is 0 Å². The minimum absolute atomic E-state index is 0.0514. The lowest BCUT2D eigenvalue weighted by Gasteiger charge is -2.22. The third kappa shape index (κ3) is 2.50. The molecule has 0 radical (unpaired) electrons. The molecule has 2 N–H and O–H groups in total. The van der Waals surface area contributed by atoms with E-state index in [1.54, 1.807) is 22.9 Å². The number of anilines is 1. The molecule has 0 amide bonds. The van der Waals surface area contributed by atoms with Crippen molar-refractivity contribution in [3.63, 3.8) is 0 Å². The Morgan fingerprint density at radius 2 is 2.36 bits per heavy atom. The van der Waals surface area contributed by atoms with Gasteiger partial charge in [-0.15, -0.1) is 0 Å². The Bertz CT molecular complexity index is 756. The van der Waals surface area contributed by atoms with E-state index in [4.69, 9.17) is 16.3 Å². The Morgan fingerprint density at radius 3 is 3.05 bits per heavy atom. The number of allylic oxidation sites excluding steroid dienone is 1. The first kappa shape index (κ1) is 14.4. The maximum absolute atomic E-state index is 11.2. The molecule has 0 unspecified atom stereocenters. The molecule has 2 heterocycles. The fourth-order valence-electron chi connectivity index (χ4n) is 2.27. The molecule has 1 aliphatic heterocycles. The summed E-state index contributed by atoms with van der Waals surface area (Å²) in [5.74, 6) is -0.103. The van der Waals surface area contributed by atoms with Crippen LogP contribution in [0.5, 0.6) is 5.75 Å². The van der Waals surface area contributed by atoms with Crippen LogP contribution in [0.4, 0.5) is 5.95 Å². The van der Waals surface area contributed by atoms with E-state index in [0.717, 1.165) is 5.56 Å². The van der Waals surface area contributed by atoms with Crippen LogP contribution in [0.15, 0.2) is 36.3 Å². The van der Waals surface area contributed by atoms with E-state index in [9.17, 15) is 9.90 Å². The van der Waals surface area contributed by atoms with Gasteiger partial charge >= 0.3 is 5.97 Å². The van der Waals surface area contributed by atoms with Crippen molar-refractivity contribution in [1.82, 2.24) is 14.8 Å². The van der Waals surface area contributed by atoms with Crippen LogP contribution in [0.2, 0.25) is 5.02 Å². The number of halogens is 1. The molecular formula is C14H13ClN4O3. The van der Waals surface area contributed by atoms with E-state index in [1.807, 2.05) is 13.0 Å². The zero-order valence-electron chi connectivity index (χ0n) is 11.7. The Balaban J connectivity index is 2.03. The monoisotopic (exact) mass is 320 g/mol. The van der Waals surface area contributed by atoms with Gasteiger partial charge in [0.15, 0.2) is 0 Å². The summed E-state index contributed by atoms with van der Waals surface area (Å²) in [7, 11) is 0. The predicted octanol–water partition coefficient (Wildman–Crippen LogP) is 2.31. The molecule has 8 heteroatoms. The SMILES string of the molecule is CCOc1ccc([C@@H]2C=C(C(=O)O)Nc3ncnn32)cc1Cl. The minimum atomic E-state index is -1.06. The fourth-order valence-corrected chi connectivity index (χ4v) is 2.51. The van der Waals surface area contributed by atoms with Gasteiger partial charge in [0.1, 0.15) is 23.8 Å². The highest BCUT2D eigenvalue weighted by molar-refractivity contribution is 6.32. The number of fused-ring (bicyclic) bond motifs is 1. The molecule has 1 aromatic heterocycles. The van der Waals surface area contributed by atoms with E-state index < -0.39 is 12.0 Å². The molecule has 22 heavy (non-hydrogen) atoms. The summed E-state index contributed by atoms with van der Waals surface area (Å²) < 4.78 is 7.00. The van der Waals surface area contributed by atoms with Crippen LogP contribution in [0.3, 0.4) is 0 Å². The van der Waals surface area contributed by atoms with Gasteiger partial charge in [-0.1, -0.05) is 17.7 Å². The van der Waals surface area contributed by atoms with Crippen molar-refractivity contribution in [3.8, 4) is 5.75 Å². The van der Waals surface area contributed by atoms with E-state index in [0.29, 0.717) is 23.3 Å². The van der Waals surface area contributed by atoms with Crippen LogP contribution in [0.25, 0.3) is 0 Å². The second kappa shape index (κ2) is 5.69. The second-order valence-corrected chi connectivity index (χ2v) is 5.01. The van der Waals surface area contributed by atoms with E-state index >= 15 is 0 Å². The van der Waals surface area contributed by atoms with Crippen LogP contribution in [-0.2, 0) is 4.79 Å². The average molecular weight is 321 g/mol. The van der Waals surface area contributed by atoms with E-state index in [-0.39, 0.29) is 5.70 Å². The van der Waals surface area contributed by atoms with Gasteiger partial charge in [0, 0.05) is 0 Å². The summed E-state index contributed by atoms with van der Waals surface area (Å²) >= 11 is 6.20. The smallest absolute Gasteiger partial charge is 0.352 e. The van der Waals surface area contributed by atoms with Crippen molar-refractivity contribution in [3.05, 3.63) is 46.9 Å². The molecule has 0 spiro atoms. The lowest BCUT2D eigenvalue weighted by Crippen LogP contribution is -2.24. The molecule has 0 aliphatic carbocycles. The van der Waals surface area contributed by atoms with Gasteiger partial charge in [0.25, 0.3) is 0 Å². The number of hydrogen-bond donors (Lipinski definition) is 2. The number of ether oxygens (including phenoxy) is 1. The standard InChI is InChI=1S/C14H13ClN4O3/c1-2-22-12-4-3-8(5-9(12)15)11-6-10(13(20)21)18-14-16-7-17-19(11)14/h3-7,11H,2H2,1H3,(H,20,21)(H,16,17,18)/t11-/m0/s1. The van der Waals surface area contributed by atoms with Crippen LogP contribution in [0.1, 0.15) is 18.5 Å². The summed E-state index contributed by atoms with van der Waals surface area (Å²) in [4.78, 5) is 15.2. The number of nitrogens with one attached hydrogen (secondary N) is 1. The maximum Gasteiger partial charge on any atom is 0.352 e. The zero-order valence-corrected chi connectivity index (χ0v) is 12.4. The number of hydrogen-bond acceptors (Lipinski definition) is 5. The Labute approximate surface area is 131 Å². The molecule has 2 aromatic rings. The van der Waals surface area contributed by atoms with Crippen LogP contribution in [0, 0.1) is 0 Å². The average Bonchev–Trinajstić information content (AvgIpc) is 2.96. The molecule has 0 bridgehead atoms. The zero-order chi connectivity index (χ0) is 15.7. The first-order chi connectivity index (χ1) is 10.6. The molecule has 1 aliphatic rings. The van der Waals surface area contributed by atoms with Crippen molar-refractivity contribution in [1.29, 1.82) is 0 Å². The Morgan fingerprint density at radius 1 is 1.55 bits per heavy atom. The number of benzene rings is 1. The second-order valence-electron chi connectivity index (χ2n) is 4.61. The molecular weight excluding hydrogens is 308 g/mol. The van der Waals surface area contributed by atoms with Gasteiger partial charge in [0.2, 0.25) is 5.95 Å². The molecule has 114 valence electrons.